The highest BCUT2D eigenvalue weighted by Gasteiger charge is 2.21. The lowest BCUT2D eigenvalue weighted by molar-refractivity contribution is -0.996. The quantitative estimate of drug-likeness (QED) is 0.514. The first-order valence-corrected chi connectivity index (χ1v) is 5.45. The van der Waals surface area contributed by atoms with Crippen molar-refractivity contribution >= 4 is 17.1 Å². The highest BCUT2D eigenvalue weighted by Crippen LogP contribution is 2.27. The summed E-state index contributed by atoms with van der Waals surface area (Å²) in [4.78, 5) is 1.98. The Morgan fingerprint density at radius 3 is 2.24 bits per heavy atom. The summed E-state index contributed by atoms with van der Waals surface area (Å²) in [5.74, 6) is 0. The summed E-state index contributed by atoms with van der Waals surface area (Å²) in [6.45, 7) is 1.65. The molecule has 0 aliphatic carbocycles. The van der Waals surface area contributed by atoms with Crippen molar-refractivity contribution in [2.45, 2.75) is 12.8 Å². The molecule has 0 spiro atoms. The maximum Gasteiger partial charge on any atom is 0.193 e. The smallest absolute Gasteiger partial charge is 0.193 e. The first-order valence-electron chi connectivity index (χ1n) is 5.45. The fraction of sp³-hybridized carbons (Fsp3) is 0.400. The summed E-state index contributed by atoms with van der Waals surface area (Å²) in [7, 11) is 0. The highest BCUT2D eigenvalue weighted by atomic mass is 16.8. The lowest BCUT2D eigenvalue weighted by atomic mass is 10.2. The molecule has 7 nitrogen and oxygen atoms in total. The molecule has 0 aromatic heterocycles. The van der Waals surface area contributed by atoms with Gasteiger partial charge in [0.15, 0.2) is 11.4 Å². The van der Waals surface area contributed by atoms with Gasteiger partial charge in [0.05, 0.1) is 6.07 Å². The minimum Gasteiger partial charge on any atom is -0.595 e. The molecule has 2 atom stereocenters. The molecule has 1 aromatic rings. The monoisotopic (exact) mass is 241 g/mol. The molecule has 0 radical (unpaired) electrons. The molecule has 0 saturated carbocycles. The lowest BCUT2D eigenvalue weighted by Crippen LogP contribution is -3.00. The van der Waals surface area contributed by atoms with E-state index < -0.39 is 10.5 Å². The van der Waals surface area contributed by atoms with Crippen LogP contribution < -0.4 is 15.4 Å². The van der Waals surface area contributed by atoms with Crippen LogP contribution in [0.5, 0.6) is 0 Å². The second-order valence-electron chi connectivity index (χ2n) is 4.04. The van der Waals surface area contributed by atoms with E-state index in [1.807, 2.05) is 4.90 Å². The van der Waals surface area contributed by atoms with Gasteiger partial charge in [-0.2, -0.15) is 10.5 Å². The Kier molecular flexibility index (Phi) is 3.57. The third-order valence-electron chi connectivity index (χ3n) is 2.92. The molecule has 1 fully saturated rings. The normalized spacial score (nSPS) is 19.4. The number of quaternary nitrogens is 2. The summed E-state index contributed by atoms with van der Waals surface area (Å²) in [6, 6.07) is 4.25. The van der Waals surface area contributed by atoms with E-state index >= 15 is 0 Å². The number of hydrogen-bond donors (Lipinski definition) is 4. The summed E-state index contributed by atoms with van der Waals surface area (Å²) < 4.78 is 0. The topological polar surface area (TPSA) is 98.7 Å². The number of nitrogens with zero attached hydrogens (tertiary/aromatic N) is 1. The van der Waals surface area contributed by atoms with E-state index in [1.54, 1.807) is 6.07 Å². The van der Waals surface area contributed by atoms with E-state index in [1.165, 1.54) is 12.1 Å². The van der Waals surface area contributed by atoms with E-state index in [4.69, 9.17) is 10.4 Å². The maximum absolute atomic E-state index is 11.1. The molecule has 1 aliphatic rings. The van der Waals surface area contributed by atoms with Crippen LogP contribution in [0.1, 0.15) is 12.8 Å². The largest absolute Gasteiger partial charge is 0.595 e. The molecule has 1 saturated heterocycles. The van der Waals surface area contributed by atoms with Gasteiger partial charge in [-0.15, -0.1) is 0 Å². The summed E-state index contributed by atoms with van der Waals surface area (Å²) >= 11 is 0. The van der Waals surface area contributed by atoms with Gasteiger partial charge < -0.3 is 15.3 Å². The van der Waals surface area contributed by atoms with Crippen LogP contribution in [0.15, 0.2) is 18.2 Å². The molecule has 0 bridgehead atoms. The number of benzene rings is 1. The molecular formula is C10H15N3O4. The van der Waals surface area contributed by atoms with Crippen LogP contribution in [-0.2, 0) is 0 Å². The van der Waals surface area contributed by atoms with Crippen molar-refractivity contribution in [3.05, 3.63) is 28.6 Å². The average Bonchev–Trinajstić information content (AvgIpc) is 2.81. The maximum atomic E-state index is 11.1. The van der Waals surface area contributed by atoms with Crippen molar-refractivity contribution in [3.63, 3.8) is 0 Å². The van der Waals surface area contributed by atoms with E-state index in [0.717, 1.165) is 25.9 Å². The molecule has 1 aliphatic heterocycles. The number of rotatable bonds is 3. The Hall–Kier alpha value is -1.22. The molecule has 1 heterocycles. The van der Waals surface area contributed by atoms with Crippen LogP contribution in [0.2, 0.25) is 0 Å². The van der Waals surface area contributed by atoms with E-state index in [0.29, 0.717) is 5.69 Å². The van der Waals surface area contributed by atoms with Gasteiger partial charge >= 0.3 is 0 Å². The van der Waals surface area contributed by atoms with Crippen LogP contribution in [-0.4, -0.2) is 23.5 Å². The Bertz CT molecular complexity index is 391. The summed E-state index contributed by atoms with van der Waals surface area (Å²) in [5.41, 5.74) is 0.678. The van der Waals surface area contributed by atoms with Crippen molar-refractivity contribution in [3.8, 4) is 0 Å². The Morgan fingerprint density at radius 1 is 1.06 bits per heavy atom. The van der Waals surface area contributed by atoms with Gasteiger partial charge in [0.2, 0.25) is 0 Å². The second-order valence-corrected chi connectivity index (χ2v) is 4.04. The third kappa shape index (κ3) is 2.55. The van der Waals surface area contributed by atoms with Crippen LogP contribution in [0, 0.1) is 10.4 Å². The SMILES string of the molecule is [O-][NH+](O)c1ccc(N2CCCC2)c([NH+]([O-])O)c1. The molecule has 2 unspecified atom stereocenters. The van der Waals surface area contributed by atoms with Gasteiger partial charge in [-0.1, -0.05) is 0 Å². The third-order valence-corrected chi connectivity index (χ3v) is 2.92. The second kappa shape index (κ2) is 4.96. The van der Waals surface area contributed by atoms with E-state index in [9.17, 15) is 10.4 Å². The average molecular weight is 241 g/mol. The number of nitrogens with one attached hydrogen (secondary N) is 2. The molecule has 17 heavy (non-hydrogen) atoms. The van der Waals surface area contributed by atoms with Crippen LogP contribution >= 0.6 is 0 Å². The molecule has 2 rings (SSSR count). The molecule has 94 valence electrons. The standard InChI is InChI=1S/C10H15N3O4/c14-12(15)8-3-4-9(10(7-8)13(16)17)11-5-1-2-6-11/h3-4,7,12-14,16H,1-2,5-6H2. The molecule has 7 heteroatoms. The Labute approximate surface area is 98.2 Å². The van der Waals surface area contributed by atoms with Crippen LogP contribution in [0.4, 0.5) is 17.1 Å². The molecule has 0 amide bonds. The Morgan fingerprint density at radius 2 is 1.71 bits per heavy atom. The lowest BCUT2D eigenvalue weighted by Gasteiger charge is -2.24. The van der Waals surface area contributed by atoms with Gasteiger partial charge in [0.25, 0.3) is 0 Å². The van der Waals surface area contributed by atoms with Crippen molar-refractivity contribution in [1.29, 1.82) is 0 Å². The fourth-order valence-electron chi connectivity index (χ4n) is 2.07. The van der Waals surface area contributed by atoms with Gasteiger partial charge in [-0.3, -0.25) is 0 Å². The van der Waals surface area contributed by atoms with Gasteiger partial charge in [0, 0.05) is 19.2 Å². The molecule has 4 N–H and O–H groups in total. The predicted octanol–water partition coefficient (Wildman–Crippen LogP) is -0.906. The molecule has 1 aromatic carbocycles. The van der Waals surface area contributed by atoms with Gasteiger partial charge in [0.1, 0.15) is 5.69 Å². The zero-order valence-corrected chi connectivity index (χ0v) is 9.22. The Balaban J connectivity index is 2.37. The van der Waals surface area contributed by atoms with Crippen molar-refractivity contribution in [1.82, 2.24) is 0 Å². The number of hydrogen-bond acceptors (Lipinski definition) is 5. The van der Waals surface area contributed by atoms with Gasteiger partial charge in [-0.25, -0.2) is 10.4 Å². The van der Waals surface area contributed by atoms with Crippen molar-refractivity contribution in [2.24, 2.45) is 0 Å². The van der Waals surface area contributed by atoms with Crippen molar-refractivity contribution < 1.29 is 20.9 Å². The van der Waals surface area contributed by atoms with Crippen LogP contribution in [0.3, 0.4) is 0 Å². The van der Waals surface area contributed by atoms with Crippen LogP contribution in [0.25, 0.3) is 0 Å². The first-order chi connectivity index (χ1) is 8.09. The summed E-state index contributed by atoms with van der Waals surface area (Å²) in [6.07, 6.45) is 2.08. The van der Waals surface area contributed by atoms with E-state index in [2.05, 4.69) is 0 Å². The number of anilines is 1. The predicted molar refractivity (Wildman–Crippen MR) is 59.4 cm³/mol. The zero-order valence-electron chi connectivity index (χ0n) is 9.22. The van der Waals surface area contributed by atoms with E-state index in [-0.39, 0.29) is 11.4 Å². The minimum absolute atomic E-state index is 0.00495. The van der Waals surface area contributed by atoms with Gasteiger partial charge in [-0.05, 0) is 18.9 Å². The van der Waals surface area contributed by atoms with Crippen molar-refractivity contribution in [2.75, 3.05) is 18.0 Å². The summed E-state index contributed by atoms with van der Waals surface area (Å²) in [5, 5.41) is 37.7. The first kappa shape index (κ1) is 12.2. The molecular weight excluding hydrogens is 226 g/mol. The minimum atomic E-state index is -1.11. The zero-order chi connectivity index (χ0) is 12.4. The fourth-order valence-corrected chi connectivity index (χ4v) is 2.07. The highest BCUT2D eigenvalue weighted by molar-refractivity contribution is 5.66.